The maximum Gasteiger partial charge on any atom is 0.224 e. The third kappa shape index (κ3) is 3.09. The molecule has 0 bridgehead atoms. The van der Waals surface area contributed by atoms with Gasteiger partial charge in [-0.3, -0.25) is 0 Å². The molecule has 2 rings (SSSR count). The van der Waals surface area contributed by atoms with Crippen LogP contribution in [0.15, 0.2) is 15.2 Å². The van der Waals surface area contributed by atoms with Gasteiger partial charge in [-0.25, -0.2) is 4.98 Å². The summed E-state index contributed by atoms with van der Waals surface area (Å²) >= 11 is 3.46. The molecule has 0 aliphatic carbocycles. The number of hydrogen-bond acceptors (Lipinski definition) is 6. The number of aryl methyl sites for hydroxylation is 2. The van der Waals surface area contributed by atoms with Crippen molar-refractivity contribution in [2.45, 2.75) is 33.7 Å². The minimum absolute atomic E-state index is 0.0435. The Morgan fingerprint density at radius 3 is 2.75 bits per heavy atom. The molecule has 0 fully saturated rings. The Bertz CT molecular complexity index is 579. The van der Waals surface area contributed by atoms with Gasteiger partial charge in [0.15, 0.2) is 0 Å². The number of halogens is 1. The fourth-order valence-electron chi connectivity index (χ4n) is 2.10. The lowest BCUT2D eigenvalue weighted by Gasteiger charge is -2.16. The Kier molecular flexibility index (Phi) is 4.59. The van der Waals surface area contributed by atoms with Crippen molar-refractivity contribution in [3.05, 3.63) is 27.7 Å². The molecular weight excluding hydrogens is 322 g/mol. The van der Waals surface area contributed by atoms with Crippen molar-refractivity contribution < 1.29 is 4.52 Å². The van der Waals surface area contributed by atoms with Crippen LogP contribution in [0.2, 0.25) is 0 Å². The molecule has 0 radical (unpaired) electrons. The molecule has 108 valence electrons. The van der Waals surface area contributed by atoms with E-state index in [1.807, 2.05) is 27.7 Å². The summed E-state index contributed by atoms with van der Waals surface area (Å²) in [6.45, 7) is 8.68. The molecule has 6 nitrogen and oxygen atoms in total. The van der Waals surface area contributed by atoms with E-state index in [1.54, 1.807) is 6.20 Å². The highest BCUT2D eigenvalue weighted by Gasteiger charge is 2.18. The lowest BCUT2D eigenvalue weighted by atomic mass is 10.1. The van der Waals surface area contributed by atoms with Crippen LogP contribution < -0.4 is 10.6 Å². The summed E-state index contributed by atoms with van der Waals surface area (Å²) in [4.78, 5) is 8.63. The molecule has 0 aliphatic heterocycles. The summed E-state index contributed by atoms with van der Waals surface area (Å²) in [6, 6.07) is 0.0435. The molecule has 0 aliphatic rings. The number of nitrogens with zero attached hydrogens (tertiary/aromatic N) is 3. The van der Waals surface area contributed by atoms with E-state index < -0.39 is 0 Å². The van der Waals surface area contributed by atoms with E-state index in [0.29, 0.717) is 5.95 Å². The first-order valence-corrected chi connectivity index (χ1v) is 7.28. The summed E-state index contributed by atoms with van der Waals surface area (Å²) in [5.74, 6) is 2.16. The second-order valence-corrected chi connectivity index (χ2v) is 5.38. The first-order chi connectivity index (χ1) is 9.52. The van der Waals surface area contributed by atoms with E-state index in [0.717, 1.165) is 33.9 Å². The number of rotatable bonds is 5. The lowest BCUT2D eigenvalue weighted by Crippen LogP contribution is -2.12. The normalized spacial score (nSPS) is 12.2. The van der Waals surface area contributed by atoms with Gasteiger partial charge in [-0.2, -0.15) is 4.98 Å². The summed E-state index contributed by atoms with van der Waals surface area (Å²) in [5.41, 5.74) is 1.94. The fourth-order valence-corrected chi connectivity index (χ4v) is 2.40. The zero-order valence-corrected chi connectivity index (χ0v) is 13.6. The predicted molar refractivity (Wildman–Crippen MR) is 81.9 cm³/mol. The molecule has 1 atom stereocenters. The topological polar surface area (TPSA) is 75.9 Å². The van der Waals surface area contributed by atoms with Crippen LogP contribution in [-0.2, 0) is 0 Å². The zero-order valence-electron chi connectivity index (χ0n) is 12.0. The third-order valence-corrected chi connectivity index (χ3v) is 3.53. The van der Waals surface area contributed by atoms with Crippen molar-refractivity contribution in [1.29, 1.82) is 0 Å². The van der Waals surface area contributed by atoms with Gasteiger partial charge in [0.1, 0.15) is 11.6 Å². The first kappa shape index (κ1) is 14.8. The highest BCUT2D eigenvalue weighted by molar-refractivity contribution is 9.10. The molecule has 0 saturated heterocycles. The number of hydrogen-bond donors (Lipinski definition) is 2. The molecule has 20 heavy (non-hydrogen) atoms. The number of anilines is 2. The van der Waals surface area contributed by atoms with Crippen LogP contribution in [0.3, 0.4) is 0 Å². The van der Waals surface area contributed by atoms with Gasteiger partial charge in [-0.15, -0.1) is 0 Å². The summed E-state index contributed by atoms with van der Waals surface area (Å²) in [7, 11) is 0. The van der Waals surface area contributed by atoms with Gasteiger partial charge in [-0.05, 0) is 43.6 Å². The number of nitrogens with one attached hydrogen (secondary N) is 2. The fraction of sp³-hybridized carbons (Fsp3) is 0.462. The average Bonchev–Trinajstić information content (AvgIpc) is 2.73. The Morgan fingerprint density at radius 2 is 2.15 bits per heavy atom. The van der Waals surface area contributed by atoms with E-state index in [1.165, 1.54) is 0 Å². The molecule has 7 heteroatoms. The van der Waals surface area contributed by atoms with E-state index in [9.17, 15) is 0 Å². The van der Waals surface area contributed by atoms with Crippen LogP contribution >= 0.6 is 15.9 Å². The van der Waals surface area contributed by atoms with E-state index in [-0.39, 0.29) is 6.04 Å². The van der Waals surface area contributed by atoms with Crippen molar-refractivity contribution in [1.82, 2.24) is 15.1 Å². The van der Waals surface area contributed by atoms with Crippen LogP contribution in [0.1, 0.15) is 36.9 Å². The van der Waals surface area contributed by atoms with Crippen molar-refractivity contribution >= 4 is 27.7 Å². The molecule has 0 aromatic carbocycles. The van der Waals surface area contributed by atoms with Crippen molar-refractivity contribution in [3.8, 4) is 0 Å². The van der Waals surface area contributed by atoms with Gasteiger partial charge in [0.25, 0.3) is 0 Å². The van der Waals surface area contributed by atoms with Gasteiger partial charge in [-0.1, -0.05) is 5.16 Å². The maximum absolute atomic E-state index is 5.20. The molecule has 2 aromatic rings. The second-order valence-electron chi connectivity index (χ2n) is 4.52. The van der Waals surface area contributed by atoms with Gasteiger partial charge < -0.3 is 15.2 Å². The average molecular weight is 340 g/mol. The van der Waals surface area contributed by atoms with Crippen molar-refractivity contribution in [2.24, 2.45) is 0 Å². The molecule has 2 heterocycles. The molecule has 0 saturated carbocycles. The predicted octanol–water partition coefficient (Wildman–Crippen LogP) is 3.45. The van der Waals surface area contributed by atoms with Gasteiger partial charge >= 0.3 is 0 Å². The molecule has 2 aromatic heterocycles. The molecule has 1 unspecified atom stereocenters. The van der Waals surface area contributed by atoms with Crippen LogP contribution in [0.25, 0.3) is 0 Å². The standard InChI is InChI=1S/C13H18BrN5O/c1-5-15-13-16-6-10(14)12(18-13)17-7(2)11-8(3)19-20-9(11)4/h6-7H,5H2,1-4H3,(H2,15,16,17,18). The second kappa shape index (κ2) is 6.21. The van der Waals surface area contributed by atoms with Crippen molar-refractivity contribution in [2.75, 3.05) is 17.2 Å². The van der Waals surface area contributed by atoms with Crippen LogP contribution in [-0.4, -0.2) is 21.7 Å². The van der Waals surface area contributed by atoms with E-state index in [4.69, 9.17) is 4.52 Å². The largest absolute Gasteiger partial charge is 0.362 e. The quantitative estimate of drug-likeness (QED) is 0.868. The SMILES string of the molecule is CCNc1ncc(Br)c(NC(C)c2c(C)noc2C)n1. The van der Waals surface area contributed by atoms with Crippen LogP contribution in [0, 0.1) is 13.8 Å². The van der Waals surface area contributed by atoms with Gasteiger partial charge in [0.2, 0.25) is 5.95 Å². The van der Waals surface area contributed by atoms with E-state index in [2.05, 4.69) is 41.7 Å². The molecule has 2 N–H and O–H groups in total. The Hall–Kier alpha value is -1.63. The minimum Gasteiger partial charge on any atom is -0.362 e. The molecule has 0 spiro atoms. The highest BCUT2D eigenvalue weighted by atomic mass is 79.9. The Morgan fingerprint density at radius 1 is 1.40 bits per heavy atom. The monoisotopic (exact) mass is 339 g/mol. The van der Waals surface area contributed by atoms with Crippen molar-refractivity contribution in [3.63, 3.8) is 0 Å². The van der Waals surface area contributed by atoms with E-state index >= 15 is 0 Å². The Labute approximate surface area is 126 Å². The highest BCUT2D eigenvalue weighted by Crippen LogP contribution is 2.28. The summed E-state index contributed by atoms with van der Waals surface area (Å²) in [5, 5.41) is 10.4. The summed E-state index contributed by atoms with van der Waals surface area (Å²) in [6.07, 6.45) is 1.73. The number of aromatic nitrogens is 3. The third-order valence-electron chi connectivity index (χ3n) is 2.95. The zero-order chi connectivity index (χ0) is 14.7. The van der Waals surface area contributed by atoms with Gasteiger partial charge in [0, 0.05) is 18.3 Å². The van der Waals surface area contributed by atoms with Crippen LogP contribution in [0.5, 0.6) is 0 Å². The summed E-state index contributed by atoms with van der Waals surface area (Å²) < 4.78 is 6.02. The minimum atomic E-state index is 0.0435. The smallest absolute Gasteiger partial charge is 0.224 e. The molecule has 0 amide bonds. The first-order valence-electron chi connectivity index (χ1n) is 6.48. The Balaban J connectivity index is 2.23. The molecular formula is C13H18BrN5O. The van der Waals surface area contributed by atoms with Gasteiger partial charge in [0.05, 0.1) is 16.2 Å². The maximum atomic E-state index is 5.20. The van der Waals surface area contributed by atoms with Crippen LogP contribution in [0.4, 0.5) is 11.8 Å². The lowest BCUT2D eigenvalue weighted by molar-refractivity contribution is 0.392.